The standard InChI is InChI=1S/C20H22N2O5/c1-11-15(19(24)26-3)12(2)21-16(11)20(25)27-17(13-7-5-4-6-8-13)18(23)22-14-9-10-14/h4-8,14,17,21H,9-10H2,1-3H3,(H,22,23)/t17-/m0/s1. The molecule has 1 aromatic heterocycles. The number of H-pyrrole nitrogens is 1. The summed E-state index contributed by atoms with van der Waals surface area (Å²) in [5.74, 6) is -1.59. The van der Waals surface area contributed by atoms with Crippen LogP contribution in [0.15, 0.2) is 30.3 Å². The van der Waals surface area contributed by atoms with Crippen molar-refractivity contribution in [1.82, 2.24) is 10.3 Å². The summed E-state index contributed by atoms with van der Waals surface area (Å²) in [6.45, 7) is 3.30. The van der Waals surface area contributed by atoms with Gasteiger partial charge in [-0.15, -0.1) is 0 Å². The minimum atomic E-state index is -1.07. The fourth-order valence-corrected chi connectivity index (χ4v) is 2.93. The van der Waals surface area contributed by atoms with Crippen LogP contribution in [-0.2, 0) is 14.3 Å². The Morgan fingerprint density at radius 2 is 1.78 bits per heavy atom. The number of benzene rings is 1. The molecular weight excluding hydrogens is 348 g/mol. The van der Waals surface area contributed by atoms with Crippen LogP contribution in [0.5, 0.6) is 0 Å². The molecule has 0 bridgehead atoms. The van der Waals surface area contributed by atoms with E-state index in [1.807, 2.05) is 6.07 Å². The van der Waals surface area contributed by atoms with Crippen molar-refractivity contribution >= 4 is 17.8 Å². The molecule has 0 aliphatic heterocycles. The number of esters is 2. The first-order valence-electron chi connectivity index (χ1n) is 8.76. The molecule has 1 heterocycles. The van der Waals surface area contributed by atoms with Gasteiger partial charge in [0.1, 0.15) is 5.69 Å². The summed E-state index contributed by atoms with van der Waals surface area (Å²) < 4.78 is 10.3. The topological polar surface area (TPSA) is 97.5 Å². The highest BCUT2D eigenvalue weighted by atomic mass is 16.5. The van der Waals surface area contributed by atoms with Gasteiger partial charge in [0.2, 0.25) is 6.10 Å². The number of ether oxygens (including phenoxy) is 2. The van der Waals surface area contributed by atoms with E-state index >= 15 is 0 Å². The maximum absolute atomic E-state index is 12.7. The Labute approximate surface area is 157 Å². The Balaban J connectivity index is 1.86. The Hall–Kier alpha value is -3.09. The summed E-state index contributed by atoms with van der Waals surface area (Å²) in [7, 11) is 1.28. The quantitative estimate of drug-likeness (QED) is 0.762. The van der Waals surface area contributed by atoms with Crippen LogP contribution in [0, 0.1) is 13.8 Å². The predicted molar refractivity (Wildman–Crippen MR) is 97.4 cm³/mol. The fraction of sp³-hybridized carbons (Fsp3) is 0.350. The van der Waals surface area contributed by atoms with Gasteiger partial charge in [0, 0.05) is 17.3 Å². The van der Waals surface area contributed by atoms with Gasteiger partial charge in [-0.3, -0.25) is 4.79 Å². The van der Waals surface area contributed by atoms with Gasteiger partial charge in [-0.1, -0.05) is 30.3 Å². The van der Waals surface area contributed by atoms with Crippen LogP contribution in [0.4, 0.5) is 0 Å². The molecule has 142 valence electrons. The average Bonchev–Trinajstić information content (AvgIpc) is 3.42. The van der Waals surface area contributed by atoms with Crippen molar-refractivity contribution in [2.75, 3.05) is 7.11 Å². The summed E-state index contributed by atoms with van der Waals surface area (Å²) in [5, 5.41) is 2.87. The van der Waals surface area contributed by atoms with Crippen LogP contribution in [0.1, 0.15) is 56.6 Å². The summed E-state index contributed by atoms with van der Waals surface area (Å²) in [6, 6.07) is 8.99. The number of hydrogen-bond donors (Lipinski definition) is 2. The van der Waals surface area contributed by atoms with Crippen molar-refractivity contribution in [3.05, 3.63) is 58.4 Å². The zero-order valence-electron chi connectivity index (χ0n) is 15.5. The van der Waals surface area contributed by atoms with Crippen LogP contribution < -0.4 is 5.32 Å². The molecule has 1 aromatic carbocycles. The molecule has 0 radical (unpaired) electrons. The van der Waals surface area contributed by atoms with Crippen LogP contribution in [0.25, 0.3) is 0 Å². The lowest BCUT2D eigenvalue weighted by Gasteiger charge is -2.18. The number of aryl methyl sites for hydroxylation is 1. The van der Waals surface area contributed by atoms with E-state index in [4.69, 9.17) is 9.47 Å². The molecule has 27 heavy (non-hydrogen) atoms. The Kier molecular flexibility index (Phi) is 5.30. The molecule has 3 rings (SSSR count). The highest BCUT2D eigenvalue weighted by Crippen LogP contribution is 2.26. The number of aromatic nitrogens is 1. The molecule has 1 aliphatic carbocycles. The average molecular weight is 370 g/mol. The third-order valence-corrected chi connectivity index (χ3v) is 4.52. The third kappa shape index (κ3) is 4.02. The van der Waals surface area contributed by atoms with Crippen molar-refractivity contribution in [3.8, 4) is 0 Å². The zero-order chi connectivity index (χ0) is 19.6. The molecule has 0 saturated heterocycles. The van der Waals surface area contributed by atoms with E-state index in [1.54, 1.807) is 38.1 Å². The van der Waals surface area contributed by atoms with E-state index in [0.717, 1.165) is 12.8 Å². The van der Waals surface area contributed by atoms with Gasteiger partial charge in [0.05, 0.1) is 12.7 Å². The lowest BCUT2D eigenvalue weighted by atomic mass is 10.1. The van der Waals surface area contributed by atoms with E-state index in [9.17, 15) is 14.4 Å². The predicted octanol–water partition coefficient (Wildman–Crippen LogP) is 2.59. The second-order valence-electron chi connectivity index (χ2n) is 6.60. The third-order valence-electron chi connectivity index (χ3n) is 4.52. The summed E-state index contributed by atoms with van der Waals surface area (Å²) >= 11 is 0. The smallest absolute Gasteiger partial charge is 0.356 e. The Morgan fingerprint density at radius 3 is 2.37 bits per heavy atom. The van der Waals surface area contributed by atoms with Gasteiger partial charge < -0.3 is 19.8 Å². The van der Waals surface area contributed by atoms with E-state index in [2.05, 4.69) is 10.3 Å². The fourth-order valence-electron chi connectivity index (χ4n) is 2.93. The number of aromatic amines is 1. The lowest BCUT2D eigenvalue weighted by molar-refractivity contribution is -0.130. The second-order valence-corrected chi connectivity index (χ2v) is 6.60. The summed E-state index contributed by atoms with van der Waals surface area (Å²) in [6.07, 6.45) is 0.793. The molecule has 2 N–H and O–H groups in total. The van der Waals surface area contributed by atoms with Gasteiger partial charge in [0.15, 0.2) is 0 Å². The number of carbonyl (C=O) groups is 3. The van der Waals surface area contributed by atoms with Crippen LogP contribution in [-0.4, -0.2) is 36.0 Å². The molecule has 2 aromatic rings. The van der Waals surface area contributed by atoms with Crippen LogP contribution in [0.3, 0.4) is 0 Å². The molecule has 0 spiro atoms. The number of carbonyl (C=O) groups excluding carboxylic acids is 3. The highest BCUT2D eigenvalue weighted by molar-refractivity contribution is 5.99. The van der Waals surface area contributed by atoms with Crippen LogP contribution >= 0.6 is 0 Å². The molecule has 1 amide bonds. The van der Waals surface area contributed by atoms with E-state index in [-0.39, 0.29) is 17.6 Å². The second kappa shape index (κ2) is 7.65. The first-order valence-corrected chi connectivity index (χ1v) is 8.76. The van der Waals surface area contributed by atoms with Gasteiger partial charge >= 0.3 is 11.9 Å². The van der Waals surface area contributed by atoms with E-state index < -0.39 is 18.0 Å². The lowest BCUT2D eigenvalue weighted by Crippen LogP contribution is -2.33. The number of methoxy groups -OCH3 is 1. The van der Waals surface area contributed by atoms with Crippen LogP contribution in [0.2, 0.25) is 0 Å². The molecule has 1 atom stereocenters. The van der Waals surface area contributed by atoms with Gasteiger partial charge in [0.25, 0.3) is 5.91 Å². The molecule has 7 nitrogen and oxygen atoms in total. The molecular formula is C20H22N2O5. The largest absolute Gasteiger partial charge is 0.465 e. The summed E-state index contributed by atoms with van der Waals surface area (Å²) in [5.41, 5.74) is 1.94. The molecule has 7 heteroatoms. The molecule has 0 unspecified atom stereocenters. The van der Waals surface area contributed by atoms with Crippen molar-refractivity contribution in [1.29, 1.82) is 0 Å². The Morgan fingerprint density at radius 1 is 1.11 bits per heavy atom. The van der Waals surface area contributed by atoms with E-state index in [0.29, 0.717) is 22.4 Å². The minimum absolute atomic E-state index is 0.132. The zero-order valence-corrected chi connectivity index (χ0v) is 15.5. The van der Waals surface area contributed by atoms with E-state index in [1.165, 1.54) is 7.11 Å². The van der Waals surface area contributed by atoms with Gasteiger partial charge in [-0.05, 0) is 32.3 Å². The normalized spacial score (nSPS) is 14.3. The SMILES string of the molecule is COC(=O)c1c(C)[nH]c(C(=O)O[C@H](C(=O)NC2CC2)c2ccccc2)c1C. The number of hydrogen-bond acceptors (Lipinski definition) is 5. The molecule has 1 fully saturated rings. The first-order chi connectivity index (χ1) is 12.9. The van der Waals surface area contributed by atoms with Gasteiger partial charge in [-0.2, -0.15) is 0 Å². The molecule has 1 saturated carbocycles. The van der Waals surface area contributed by atoms with Crippen molar-refractivity contribution in [3.63, 3.8) is 0 Å². The number of nitrogens with one attached hydrogen (secondary N) is 2. The molecule has 1 aliphatic rings. The summed E-state index contributed by atoms with van der Waals surface area (Å²) in [4.78, 5) is 40.1. The first kappa shape index (κ1) is 18.7. The van der Waals surface area contributed by atoms with Crippen molar-refractivity contribution in [2.24, 2.45) is 0 Å². The highest BCUT2D eigenvalue weighted by Gasteiger charge is 2.32. The maximum Gasteiger partial charge on any atom is 0.356 e. The monoisotopic (exact) mass is 370 g/mol. The minimum Gasteiger partial charge on any atom is -0.465 e. The Bertz CT molecular complexity index is 868. The number of rotatable bonds is 6. The number of amides is 1. The maximum atomic E-state index is 12.7. The van der Waals surface area contributed by atoms with Gasteiger partial charge in [-0.25, -0.2) is 9.59 Å². The van der Waals surface area contributed by atoms with Crippen molar-refractivity contribution < 1.29 is 23.9 Å². The van der Waals surface area contributed by atoms with Crippen molar-refractivity contribution in [2.45, 2.75) is 38.8 Å².